The van der Waals surface area contributed by atoms with Crippen LogP contribution in [0.3, 0.4) is 0 Å². The van der Waals surface area contributed by atoms with E-state index in [4.69, 9.17) is 22.1 Å². The molecule has 0 radical (unpaired) electrons. The average molecular weight is 318 g/mol. The molecule has 0 amide bonds. The van der Waals surface area contributed by atoms with Gasteiger partial charge in [-0.15, -0.1) is 0 Å². The summed E-state index contributed by atoms with van der Waals surface area (Å²) in [6, 6.07) is 10.4. The van der Waals surface area contributed by atoms with Crippen LogP contribution in [0.25, 0.3) is 0 Å². The third kappa shape index (κ3) is 3.63. The van der Waals surface area contributed by atoms with Crippen molar-refractivity contribution < 1.29 is 4.74 Å². The van der Waals surface area contributed by atoms with Crippen LogP contribution >= 0.6 is 11.6 Å². The maximum Gasteiger partial charge on any atom is 0.137 e. The Morgan fingerprint density at radius 1 is 1.09 bits per heavy atom. The van der Waals surface area contributed by atoms with Crippen molar-refractivity contribution in [2.45, 2.75) is 33.1 Å². The lowest BCUT2D eigenvalue weighted by Gasteiger charge is -2.20. The molecule has 2 N–H and O–H groups in total. The van der Waals surface area contributed by atoms with Gasteiger partial charge in [0.25, 0.3) is 0 Å². The van der Waals surface area contributed by atoms with Crippen molar-refractivity contribution in [1.29, 1.82) is 0 Å². The first kappa shape index (κ1) is 16.9. The van der Waals surface area contributed by atoms with Gasteiger partial charge in [-0.25, -0.2) is 0 Å². The zero-order valence-electron chi connectivity index (χ0n) is 13.7. The Hall–Kier alpha value is -1.51. The van der Waals surface area contributed by atoms with E-state index in [1.165, 1.54) is 22.3 Å². The molecule has 0 aliphatic heterocycles. The van der Waals surface area contributed by atoms with Gasteiger partial charge in [0.2, 0.25) is 0 Å². The van der Waals surface area contributed by atoms with E-state index < -0.39 is 0 Å². The standard InChI is InChI=1S/C19H24ClNO/c1-12-7-13(2)17(14(3)8-12)9-16(11-21)15-5-6-19(22-4)18(20)10-15/h5-8,10,16H,9,11,21H2,1-4H3. The summed E-state index contributed by atoms with van der Waals surface area (Å²) in [5, 5.41) is 0.635. The topological polar surface area (TPSA) is 35.2 Å². The lowest BCUT2D eigenvalue weighted by molar-refractivity contribution is 0.414. The Kier molecular flexibility index (Phi) is 5.49. The van der Waals surface area contributed by atoms with Gasteiger partial charge in [0.05, 0.1) is 12.1 Å². The first-order valence-electron chi connectivity index (χ1n) is 7.56. The number of ether oxygens (including phenoxy) is 1. The predicted octanol–water partition coefficient (Wildman–Crippen LogP) is 4.56. The number of nitrogens with two attached hydrogens (primary N) is 1. The lowest BCUT2D eigenvalue weighted by Crippen LogP contribution is -2.16. The Bertz CT molecular complexity index is 643. The number of halogens is 1. The van der Waals surface area contributed by atoms with Crippen molar-refractivity contribution in [2.75, 3.05) is 13.7 Å². The van der Waals surface area contributed by atoms with Crippen molar-refractivity contribution in [3.63, 3.8) is 0 Å². The molecule has 0 heterocycles. The molecule has 2 nitrogen and oxygen atoms in total. The molecule has 0 aliphatic rings. The molecular formula is C19H24ClNO. The fraction of sp³-hybridized carbons (Fsp3) is 0.368. The van der Waals surface area contributed by atoms with Crippen LogP contribution in [0, 0.1) is 20.8 Å². The number of rotatable bonds is 5. The summed E-state index contributed by atoms with van der Waals surface area (Å²) in [5.74, 6) is 0.951. The maximum atomic E-state index is 6.25. The highest BCUT2D eigenvalue weighted by molar-refractivity contribution is 6.32. The largest absolute Gasteiger partial charge is 0.495 e. The number of aryl methyl sites for hydroxylation is 3. The van der Waals surface area contributed by atoms with E-state index in [2.05, 4.69) is 39.0 Å². The van der Waals surface area contributed by atoms with E-state index in [9.17, 15) is 0 Å². The minimum atomic E-state index is 0.253. The van der Waals surface area contributed by atoms with E-state index in [1.54, 1.807) is 7.11 Å². The van der Waals surface area contributed by atoms with Crippen LogP contribution in [0.15, 0.2) is 30.3 Å². The SMILES string of the molecule is COc1ccc(C(CN)Cc2c(C)cc(C)cc2C)cc1Cl. The minimum absolute atomic E-state index is 0.253. The smallest absolute Gasteiger partial charge is 0.137 e. The summed E-state index contributed by atoms with van der Waals surface area (Å²) < 4.78 is 5.22. The molecule has 1 unspecified atom stereocenters. The Balaban J connectivity index is 2.32. The molecule has 0 saturated heterocycles. The zero-order chi connectivity index (χ0) is 16.3. The van der Waals surface area contributed by atoms with Crippen LogP contribution in [0.1, 0.15) is 33.7 Å². The average Bonchev–Trinajstić information content (AvgIpc) is 2.46. The fourth-order valence-corrected chi connectivity index (χ4v) is 3.32. The van der Waals surface area contributed by atoms with Crippen LogP contribution in [0.5, 0.6) is 5.75 Å². The van der Waals surface area contributed by atoms with Gasteiger partial charge in [0.1, 0.15) is 5.75 Å². The van der Waals surface area contributed by atoms with Gasteiger partial charge >= 0.3 is 0 Å². The van der Waals surface area contributed by atoms with Crippen molar-refractivity contribution in [3.8, 4) is 5.75 Å². The molecule has 0 spiro atoms. The summed E-state index contributed by atoms with van der Waals surface area (Å²) in [6.07, 6.45) is 0.928. The maximum absolute atomic E-state index is 6.25. The Labute approximate surface area is 138 Å². The van der Waals surface area contributed by atoms with Crippen LogP contribution in [0.2, 0.25) is 5.02 Å². The van der Waals surface area contributed by atoms with Crippen LogP contribution in [-0.4, -0.2) is 13.7 Å². The highest BCUT2D eigenvalue weighted by Crippen LogP contribution is 2.31. The van der Waals surface area contributed by atoms with Gasteiger partial charge in [-0.05, 0) is 68.1 Å². The van der Waals surface area contributed by atoms with Gasteiger partial charge in [-0.1, -0.05) is 35.4 Å². The quantitative estimate of drug-likeness (QED) is 0.877. The molecule has 0 fully saturated rings. The van der Waals surface area contributed by atoms with E-state index in [0.717, 1.165) is 12.0 Å². The van der Waals surface area contributed by atoms with Gasteiger partial charge in [0, 0.05) is 5.92 Å². The molecule has 0 bridgehead atoms. The van der Waals surface area contributed by atoms with Crippen molar-refractivity contribution in [1.82, 2.24) is 0 Å². The summed E-state index contributed by atoms with van der Waals surface area (Å²) in [6.45, 7) is 7.07. The van der Waals surface area contributed by atoms with E-state index in [1.807, 2.05) is 12.1 Å². The van der Waals surface area contributed by atoms with Crippen molar-refractivity contribution in [3.05, 3.63) is 63.2 Å². The number of methoxy groups -OCH3 is 1. The first-order valence-corrected chi connectivity index (χ1v) is 7.94. The lowest BCUT2D eigenvalue weighted by atomic mass is 9.87. The van der Waals surface area contributed by atoms with E-state index in [0.29, 0.717) is 17.3 Å². The van der Waals surface area contributed by atoms with Gasteiger partial charge in [-0.2, -0.15) is 0 Å². The molecule has 3 heteroatoms. The normalized spacial score (nSPS) is 12.3. The van der Waals surface area contributed by atoms with Crippen LogP contribution in [0.4, 0.5) is 0 Å². The van der Waals surface area contributed by atoms with E-state index >= 15 is 0 Å². The third-order valence-corrected chi connectivity index (χ3v) is 4.52. The van der Waals surface area contributed by atoms with Crippen LogP contribution in [-0.2, 0) is 6.42 Å². The number of benzene rings is 2. The molecule has 22 heavy (non-hydrogen) atoms. The second-order valence-electron chi connectivity index (χ2n) is 5.91. The van der Waals surface area contributed by atoms with Crippen LogP contribution < -0.4 is 10.5 Å². The Morgan fingerprint density at radius 3 is 2.23 bits per heavy atom. The highest BCUT2D eigenvalue weighted by Gasteiger charge is 2.15. The van der Waals surface area contributed by atoms with Gasteiger partial charge in [0.15, 0.2) is 0 Å². The molecule has 1 atom stereocenters. The molecule has 2 aromatic carbocycles. The fourth-order valence-electron chi connectivity index (χ4n) is 3.05. The molecular weight excluding hydrogens is 294 g/mol. The monoisotopic (exact) mass is 317 g/mol. The molecule has 0 aromatic heterocycles. The highest BCUT2D eigenvalue weighted by atomic mass is 35.5. The second kappa shape index (κ2) is 7.17. The molecule has 118 valence electrons. The Morgan fingerprint density at radius 2 is 1.73 bits per heavy atom. The van der Waals surface area contributed by atoms with Crippen molar-refractivity contribution in [2.24, 2.45) is 5.73 Å². The predicted molar refractivity (Wildman–Crippen MR) is 94.2 cm³/mol. The summed E-state index contributed by atoms with van der Waals surface area (Å²) >= 11 is 6.25. The molecule has 0 aliphatic carbocycles. The number of hydrogen-bond acceptors (Lipinski definition) is 2. The van der Waals surface area contributed by atoms with E-state index in [-0.39, 0.29) is 5.92 Å². The molecule has 2 aromatic rings. The summed E-state index contributed by atoms with van der Waals surface area (Å²) in [5.41, 5.74) is 12.5. The summed E-state index contributed by atoms with van der Waals surface area (Å²) in [4.78, 5) is 0. The second-order valence-corrected chi connectivity index (χ2v) is 6.32. The number of hydrogen-bond donors (Lipinski definition) is 1. The van der Waals surface area contributed by atoms with Crippen molar-refractivity contribution >= 4 is 11.6 Å². The summed E-state index contributed by atoms with van der Waals surface area (Å²) in [7, 11) is 1.63. The third-order valence-electron chi connectivity index (χ3n) is 4.22. The zero-order valence-corrected chi connectivity index (χ0v) is 14.5. The van der Waals surface area contributed by atoms with Gasteiger partial charge in [-0.3, -0.25) is 0 Å². The molecule has 2 rings (SSSR count). The minimum Gasteiger partial charge on any atom is -0.495 e. The first-order chi connectivity index (χ1) is 10.5. The van der Waals surface area contributed by atoms with Gasteiger partial charge < -0.3 is 10.5 Å². The molecule has 0 saturated carbocycles.